The number of hydrogen-bond acceptors (Lipinski definition) is 6. The molecule has 0 aromatic carbocycles. The van der Waals surface area contributed by atoms with E-state index in [1.807, 2.05) is 0 Å². The fourth-order valence-electron chi connectivity index (χ4n) is 1.68. The Morgan fingerprint density at radius 1 is 1.30 bits per heavy atom. The van der Waals surface area contributed by atoms with Crippen molar-refractivity contribution in [3.8, 4) is 0 Å². The first-order chi connectivity index (χ1) is 9.63. The number of nitrogens with one attached hydrogen (secondary N) is 3. The van der Waals surface area contributed by atoms with E-state index in [9.17, 15) is 8.42 Å². The topological polar surface area (TPSA) is 126 Å². The summed E-state index contributed by atoms with van der Waals surface area (Å²) in [6, 6.07) is 3.15. The summed E-state index contributed by atoms with van der Waals surface area (Å²) in [5.74, 6) is 6.10. The molecule has 0 amide bonds. The summed E-state index contributed by atoms with van der Waals surface area (Å²) in [4.78, 5) is 10.9. The summed E-state index contributed by atoms with van der Waals surface area (Å²) >= 11 is 0. The third kappa shape index (κ3) is 3.53. The van der Waals surface area contributed by atoms with Crippen LogP contribution in [0.1, 0.15) is 12.2 Å². The lowest BCUT2D eigenvalue weighted by Gasteiger charge is -2.09. The van der Waals surface area contributed by atoms with Gasteiger partial charge < -0.3 is 10.4 Å². The highest BCUT2D eigenvalue weighted by Crippen LogP contribution is 2.16. The maximum absolute atomic E-state index is 12.1. The van der Waals surface area contributed by atoms with Crippen LogP contribution in [0.3, 0.4) is 0 Å². The molecule has 2 heterocycles. The molecule has 0 atom stereocenters. The second-order valence-corrected chi connectivity index (χ2v) is 5.72. The Morgan fingerprint density at radius 2 is 2.15 bits per heavy atom. The summed E-state index contributed by atoms with van der Waals surface area (Å²) in [6.07, 6.45) is 6.09. The Balaban J connectivity index is 1.94. The molecule has 0 aliphatic carbocycles. The molecule has 2 rings (SSSR count). The summed E-state index contributed by atoms with van der Waals surface area (Å²) in [7, 11) is -3.68. The van der Waals surface area contributed by atoms with E-state index in [1.54, 1.807) is 24.5 Å². The number of rotatable bonds is 7. The van der Waals surface area contributed by atoms with Gasteiger partial charge in [-0.15, -0.1) is 0 Å². The molecule has 20 heavy (non-hydrogen) atoms. The average Bonchev–Trinajstić information content (AvgIpc) is 2.97. The van der Waals surface area contributed by atoms with Crippen LogP contribution in [0, 0.1) is 0 Å². The minimum absolute atomic E-state index is 0.111. The van der Waals surface area contributed by atoms with Crippen LogP contribution >= 0.6 is 0 Å². The number of aromatic amines is 1. The van der Waals surface area contributed by atoms with Gasteiger partial charge in [-0.25, -0.2) is 23.1 Å². The van der Waals surface area contributed by atoms with E-state index in [2.05, 4.69) is 25.1 Å². The molecule has 2 aromatic heterocycles. The van der Waals surface area contributed by atoms with Gasteiger partial charge in [-0.3, -0.25) is 5.84 Å². The summed E-state index contributed by atoms with van der Waals surface area (Å²) in [6.45, 7) is 0.295. The number of sulfonamides is 1. The minimum atomic E-state index is -3.68. The van der Waals surface area contributed by atoms with Crippen molar-refractivity contribution in [2.45, 2.75) is 17.9 Å². The molecular formula is C11H16N6O2S. The van der Waals surface area contributed by atoms with Crippen molar-refractivity contribution in [3.05, 3.63) is 36.5 Å². The Hall–Kier alpha value is -1.97. The predicted molar refractivity (Wildman–Crippen MR) is 74.1 cm³/mol. The van der Waals surface area contributed by atoms with E-state index in [0.29, 0.717) is 19.4 Å². The molecule has 2 aromatic rings. The van der Waals surface area contributed by atoms with E-state index in [4.69, 9.17) is 5.84 Å². The average molecular weight is 296 g/mol. The lowest BCUT2D eigenvalue weighted by molar-refractivity contribution is 0.575. The van der Waals surface area contributed by atoms with Crippen LogP contribution in [-0.4, -0.2) is 29.9 Å². The number of anilines is 1. The van der Waals surface area contributed by atoms with Crippen molar-refractivity contribution in [1.29, 1.82) is 0 Å². The quantitative estimate of drug-likeness (QED) is 0.324. The Morgan fingerprint density at radius 3 is 2.85 bits per heavy atom. The first-order valence-electron chi connectivity index (χ1n) is 6.03. The number of pyridine rings is 1. The van der Waals surface area contributed by atoms with E-state index in [-0.39, 0.29) is 10.7 Å². The maximum Gasteiger partial charge on any atom is 0.260 e. The summed E-state index contributed by atoms with van der Waals surface area (Å²) in [5, 5.41) is -0.111. The van der Waals surface area contributed by atoms with Gasteiger partial charge in [-0.05, 0) is 18.6 Å². The third-order valence-electron chi connectivity index (χ3n) is 2.62. The van der Waals surface area contributed by atoms with E-state index >= 15 is 0 Å². The van der Waals surface area contributed by atoms with Gasteiger partial charge in [0, 0.05) is 31.6 Å². The summed E-state index contributed by atoms with van der Waals surface area (Å²) in [5.41, 5.74) is 2.57. The molecule has 0 saturated heterocycles. The number of imidazole rings is 1. The van der Waals surface area contributed by atoms with Crippen molar-refractivity contribution < 1.29 is 8.42 Å². The fourth-order valence-corrected chi connectivity index (χ4v) is 2.85. The molecule has 0 aliphatic heterocycles. The van der Waals surface area contributed by atoms with Gasteiger partial charge >= 0.3 is 0 Å². The van der Waals surface area contributed by atoms with Crippen molar-refractivity contribution in [2.24, 2.45) is 5.84 Å². The molecule has 0 spiro atoms. The molecule has 0 fully saturated rings. The van der Waals surface area contributed by atoms with E-state index in [0.717, 1.165) is 5.82 Å². The number of nitrogen functional groups attached to an aromatic ring is 1. The van der Waals surface area contributed by atoms with Crippen LogP contribution in [0.25, 0.3) is 0 Å². The van der Waals surface area contributed by atoms with Crippen molar-refractivity contribution >= 4 is 15.7 Å². The van der Waals surface area contributed by atoms with Gasteiger partial charge in [0.05, 0.1) is 5.69 Å². The zero-order valence-electron chi connectivity index (χ0n) is 10.7. The second kappa shape index (κ2) is 6.46. The molecule has 9 heteroatoms. The molecule has 0 bridgehead atoms. The number of aromatic nitrogens is 3. The number of nitrogens with zero attached hydrogens (tertiary/aromatic N) is 2. The van der Waals surface area contributed by atoms with Crippen LogP contribution in [0.4, 0.5) is 5.69 Å². The van der Waals surface area contributed by atoms with Crippen LogP contribution in [-0.2, 0) is 16.4 Å². The SMILES string of the molecule is NNc1cccnc1S(=O)(=O)NCCCc1ncc[nH]1. The number of hydrogen-bond donors (Lipinski definition) is 4. The number of hydrazine groups is 1. The van der Waals surface area contributed by atoms with Crippen LogP contribution in [0.2, 0.25) is 0 Å². The van der Waals surface area contributed by atoms with Crippen LogP contribution < -0.4 is 16.0 Å². The van der Waals surface area contributed by atoms with Crippen molar-refractivity contribution in [1.82, 2.24) is 19.7 Å². The number of nitrogens with two attached hydrogens (primary N) is 1. The Kier molecular flexibility index (Phi) is 4.66. The standard InChI is InChI=1S/C11H16N6O2S/c12-17-9-3-1-5-15-11(9)20(18,19)16-6-2-4-10-13-7-8-14-10/h1,3,5,7-8,16-17H,2,4,6,12H2,(H,13,14). The highest BCUT2D eigenvalue weighted by atomic mass is 32.2. The second-order valence-electron chi connectivity index (χ2n) is 4.04. The normalized spacial score (nSPS) is 11.4. The molecule has 0 unspecified atom stereocenters. The minimum Gasteiger partial charge on any atom is -0.349 e. The zero-order valence-corrected chi connectivity index (χ0v) is 11.5. The lowest BCUT2D eigenvalue weighted by atomic mass is 10.3. The molecule has 0 saturated carbocycles. The van der Waals surface area contributed by atoms with Gasteiger partial charge in [-0.2, -0.15) is 0 Å². The van der Waals surface area contributed by atoms with E-state index in [1.165, 1.54) is 6.20 Å². The first kappa shape index (κ1) is 14.4. The molecule has 0 aliphatic rings. The molecule has 108 valence electrons. The van der Waals surface area contributed by atoms with Crippen LogP contribution in [0.15, 0.2) is 35.7 Å². The van der Waals surface area contributed by atoms with Crippen molar-refractivity contribution in [3.63, 3.8) is 0 Å². The maximum atomic E-state index is 12.1. The highest BCUT2D eigenvalue weighted by Gasteiger charge is 2.18. The monoisotopic (exact) mass is 296 g/mol. The predicted octanol–water partition coefficient (Wildman–Crippen LogP) is 0.00140. The fraction of sp³-hybridized carbons (Fsp3) is 0.273. The van der Waals surface area contributed by atoms with Crippen LogP contribution in [0.5, 0.6) is 0 Å². The Bertz CT molecular complexity index is 641. The number of aryl methyl sites for hydroxylation is 1. The molecule has 0 radical (unpaired) electrons. The third-order valence-corrected chi connectivity index (χ3v) is 4.04. The molecular weight excluding hydrogens is 280 g/mol. The molecule has 8 nitrogen and oxygen atoms in total. The summed E-state index contributed by atoms with van der Waals surface area (Å²) < 4.78 is 26.6. The van der Waals surface area contributed by atoms with Gasteiger partial charge in [0.25, 0.3) is 10.0 Å². The zero-order chi connectivity index (χ0) is 14.4. The lowest BCUT2D eigenvalue weighted by Crippen LogP contribution is -2.27. The first-order valence-corrected chi connectivity index (χ1v) is 7.51. The van der Waals surface area contributed by atoms with E-state index < -0.39 is 10.0 Å². The Labute approximate surface area is 116 Å². The molecule has 5 N–H and O–H groups in total. The van der Waals surface area contributed by atoms with Crippen molar-refractivity contribution in [2.75, 3.05) is 12.0 Å². The van der Waals surface area contributed by atoms with Gasteiger partial charge in [0.15, 0.2) is 5.03 Å². The highest BCUT2D eigenvalue weighted by molar-refractivity contribution is 7.89. The number of H-pyrrole nitrogens is 1. The smallest absolute Gasteiger partial charge is 0.260 e. The largest absolute Gasteiger partial charge is 0.349 e. The van der Waals surface area contributed by atoms with Gasteiger partial charge in [0.2, 0.25) is 0 Å². The van der Waals surface area contributed by atoms with Gasteiger partial charge in [0.1, 0.15) is 5.82 Å². The van der Waals surface area contributed by atoms with Gasteiger partial charge in [-0.1, -0.05) is 0 Å².